The van der Waals surface area contributed by atoms with Gasteiger partial charge in [-0.05, 0) is 35.2 Å². The van der Waals surface area contributed by atoms with Crippen LogP contribution in [0.1, 0.15) is 21.5 Å². The van der Waals surface area contributed by atoms with Crippen LogP contribution in [0.3, 0.4) is 0 Å². The Morgan fingerprint density at radius 3 is 2.50 bits per heavy atom. The van der Waals surface area contributed by atoms with E-state index in [1.54, 1.807) is 12.1 Å². The summed E-state index contributed by atoms with van der Waals surface area (Å²) >= 11 is 0. The van der Waals surface area contributed by atoms with E-state index in [1.807, 2.05) is 30.3 Å². The van der Waals surface area contributed by atoms with Crippen LogP contribution in [-0.4, -0.2) is 10.9 Å². The van der Waals surface area contributed by atoms with Crippen molar-refractivity contribution in [1.29, 1.82) is 0 Å². The summed E-state index contributed by atoms with van der Waals surface area (Å²) in [6, 6.07) is 11.0. The second-order valence-corrected chi connectivity index (χ2v) is 4.39. The maximum Gasteiger partial charge on any atom is 0.194 e. The number of fused-ring (bicyclic) bond motifs is 3. The Morgan fingerprint density at radius 1 is 1.06 bits per heavy atom. The molecule has 0 radical (unpaired) electrons. The molecule has 0 fully saturated rings. The van der Waals surface area contributed by atoms with Gasteiger partial charge in [0, 0.05) is 11.1 Å². The van der Waals surface area contributed by atoms with Crippen LogP contribution >= 0.6 is 0 Å². The third-order valence-corrected chi connectivity index (χ3v) is 3.29. The fraction of sp³-hybridized carbons (Fsp3) is 0.0625. The highest BCUT2D eigenvalue weighted by Crippen LogP contribution is 2.39. The van der Waals surface area contributed by atoms with Crippen molar-refractivity contribution in [2.45, 2.75) is 6.42 Å². The quantitative estimate of drug-likeness (QED) is 0.693. The molecule has 0 heterocycles. The zero-order chi connectivity index (χ0) is 12.7. The molecule has 0 saturated carbocycles. The van der Waals surface area contributed by atoms with Crippen molar-refractivity contribution in [1.82, 2.24) is 0 Å². The number of carbonyl (C=O) groups is 1. The summed E-state index contributed by atoms with van der Waals surface area (Å²) in [5.74, 6) is 0.149. The van der Waals surface area contributed by atoms with Crippen molar-refractivity contribution >= 4 is 5.78 Å². The second kappa shape index (κ2) is 3.84. The van der Waals surface area contributed by atoms with Crippen LogP contribution in [0.25, 0.3) is 11.1 Å². The normalized spacial score (nSPS) is 12.1. The lowest BCUT2D eigenvalue weighted by molar-refractivity contribution is 0.104. The number of phenolic OH excluding ortho intramolecular Hbond substituents is 1. The van der Waals surface area contributed by atoms with Gasteiger partial charge in [0.1, 0.15) is 5.75 Å². The Kier molecular flexibility index (Phi) is 2.30. The average Bonchev–Trinajstić information content (AvgIpc) is 2.65. The predicted molar refractivity (Wildman–Crippen MR) is 70.9 cm³/mol. The first kappa shape index (κ1) is 10.8. The molecule has 1 N–H and O–H groups in total. The maximum absolute atomic E-state index is 12.2. The number of hydrogen-bond acceptors (Lipinski definition) is 2. The van der Waals surface area contributed by atoms with Crippen molar-refractivity contribution in [3.63, 3.8) is 0 Å². The van der Waals surface area contributed by atoms with Crippen LogP contribution in [-0.2, 0) is 6.42 Å². The van der Waals surface area contributed by atoms with E-state index in [4.69, 9.17) is 0 Å². The average molecular weight is 236 g/mol. The van der Waals surface area contributed by atoms with Crippen molar-refractivity contribution in [3.8, 4) is 16.9 Å². The van der Waals surface area contributed by atoms with E-state index in [9.17, 15) is 9.90 Å². The molecule has 0 aliphatic heterocycles. The van der Waals surface area contributed by atoms with Crippen LogP contribution in [0.4, 0.5) is 0 Å². The predicted octanol–water partition coefficient (Wildman–Crippen LogP) is 3.33. The van der Waals surface area contributed by atoms with Crippen molar-refractivity contribution < 1.29 is 9.90 Å². The molecule has 88 valence electrons. The first-order valence-corrected chi connectivity index (χ1v) is 5.83. The number of phenols is 1. The van der Waals surface area contributed by atoms with Crippen LogP contribution in [0.5, 0.6) is 5.75 Å². The van der Waals surface area contributed by atoms with Crippen LogP contribution in [0.2, 0.25) is 0 Å². The van der Waals surface area contributed by atoms with Gasteiger partial charge in [0.2, 0.25) is 0 Å². The Labute approximate surface area is 105 Å². The molecule has 2 heteroatoms. The fourth-order valence-corrected chi connectivity index (χ4v) is 2.42. The zero-order valence-electron chi connectivity index (χ0n) is 9.81. The van der Waals surface area contributed by atoms with E-state index in [0.29, 0.717) is 17.5 Å². The number of allylic oxidation sites excluding steroid dienone is 1. The Morgan fingerprint density at radius 2 is 1.78 bits per heavy atom. The molecule has 0 bridgehead atoms. The molecule has 2 nitrogen and oxygen atoms in total. The standard InChI is InChI=1S/C16H12O2/c1-2-5-10-8-13-11-6-3-4-7-12(11)16(18)14(13)9-15(10)17/h2-4,6-9,17H,1,5H2. The number of hydrogen-bond donors (Lipinski definition) is 1. The van der Waals surface area contributed by atoms with E-state index < -0.39 is 0 Å². The summed E-state index contributed by atoms with van der Waals surface area (Å²) < 4.78 is 0. The largest absolute Gasteiger partial charge is 0.508 e. The van der Waals surface area contributed by atoms with Gasteiger partial charge >= 0.3 is 0 Å². The van der Waals surface area contributed by atoms with Crippen molar-refractivity contribution in [2.24, 2.45) is 0 Å². The van der Waals surface area contributed by atoms with Gasteiger partial charge in [-0.1, -0.05) is 30.3 Å². The number of benzene rings is 2. The lowest BCUT2D eigenvalue weighted by Gasteiger charge is -2.06. The van der Waals surface area contributed by atoms with Gasteiger partial charge in [-0.2, -0.15) is 0 Å². The number of aromatic hydroxyl groups is 1. The SMILES string of the molecule is C=CCc1cc2c(cc1O)C(=O)c1ccccc1-2. The van der Waals surface area contributed by atoms with Crippen LogP contribution in [0.15, 0.2) is 49.1 Å². The Bertz CT molecular complexity index is 669. The smallest absolute Gasteiger partial charge is 0.194 e. The van der Waals surface area contributed by atoms with Gasteiger partial charge in [-0.25, -0.2) is 0 Å². The van der Waals surface area contributed by atoms with E-state index in [1.165, 1.54) is 0 Å². The monoisotopic (exact) mass is 236 g/mol. The highest BCUT2D eigenvalue weighted by molar-refractivity contribution is 6.21. The molecular formula is C16H12O2. The van der Waals surface area contributed by atoms with Crippen molar-refractivity contribution in [3.05, 3.63) is 65.7 Å². The second-order valence-electron chi connectivity index (χ2n) is 4.39. The topological polar surface area (TPSA) is 37.3 Å². The third kappa shape index (κ3) is 1.39. The van der Waals surface area contributed by atoms with Gasteiger partial charge in [-0.15, -0.1) is 6.58 Å². The molecule has 0 amide bonds. The minimum absolute atomic E-state index is 0.0129. The number of rotatable bonds is 2. The Hall–Kier alpha value is -2.35. The van der Waals surface area contributed by atoms with Crippen LogP contribution < -0.4 is 0 Å². The lowest BCUT2D eigenvalue weighted by atomic mass is 10.0. The molecule has 2 aromatic carbocycles. The molecule has 2 aromatic rings. The minimum Gasteiger partial charge on any atom is -0.508 e. The molecule has 0 spiro atoms. The van der Waals surface area contributed by atoms with E-state index in [2.05, 4.69) is 6.58 Å². The molecule has 18 heavy (non-hydrogen) atoms. The first-order chi connectivity index (χ1) is 8.72. The van der Waals surface area contributed by atoms with Gasteiger partial charge in [0.05, 0.1) is 0 Å². The van der Waals surface area contributed by atoms with Gasteiger partial charge in [-0.3, -0.25) is 4.79 Å². The molecule has 1 aliphatic rings. The first-order valence-electron chi connectivity index (χ1n) is 5.83. The zero-order valence-corrected chi connectivity index (χ0v) is 9.81. The summed E-state index contributed by atoms with van der Waals surface area (Å²) in [4.78, 5) is 12.2. The van der Waals surface area contributed by atoms with E-state index >= 15 is 0 Å². The van der Waals surface area contributed by atoms with E-state index in [0.717, 1.165) is 16.7 Å². The van der Waals surface area contributed by atoms with E-state index in [-0.39, 0.29) is 11.5 Å². The highest BCUT2D eigenvalue weighted by Gasteiger charge is 2.27. The van der Waals surface area contributed by atoms with Crippen molar-refractivity contribution in [2.75, 3.05) is 0 Å². The number of carbonyl (C=O) groups excluding carboxylic acids is 1. The molecule has 0 saturated heterocycles. The van der Waals surface area contributed by atoms with Gasteiger partial charge < -0.3 is 5.11 Å². The van der Waals surface area contributed by atoms with Crippen LogP contribution in [0, 0.1) is 0 Å². The summed E-state index contributed by atoms with van der Waals surface area (Å²) in [6.45, 7) is 3.67. The molecule has 0 aromatic heterocycles. The van der Waals surface area contributed by atoms with Gasteiger partial charge in [0.25, 0.3) is 0 Å². The molecule has 0 unspecified atom stereocenters. The Balaban J connectivity index is 2.27. The number of ketones is 1. The maximum atomic E-state index is 12.2. The summed E-state index contributed by atoms with van der Waals surface area (Å²) in [6.07, 6.45) is 2.33. The van der Waals surface area contributed by atoms with Gasteiger partial charge in [0.15, 0.2) is 5.78 Å². The third-order valence-electron chi connectivity index (χ3n) is 3.29. The fourth-order valence-electron chi connectivity index (χ4n) is 2.42. The highest BCUT2D eigenvalue weighted by atomic mass is 16.3. The minimum atomic E-state index is -0.0129. The summed E-state index contributed by atoms with van der Waals surface area (Å²) in [5, 5.41) is 9.90. The molecule has 1 aliphatic carbocycles. The molecule has 3 rings (SSSR count). The summed E-state index contributed by atoms with van der Waals surface area (Å²) in [5.41, 5.74) is 3.95. The molecule has 0 atom stereocenters. The molecular weight excluding hydrogens is 224 g/mol. The lowest BCUT2D eigenvalue weighted by Crippen LogP contribution is -1.95. The summed E-state index contributed by atoms with van der Waals surface area (Å²) in [7, 11) is 0.